The van der Waals surface area contributed by atoms with Gasteiger partial charge in [-0.3, -0.25) is 0 Å². The lowest BCUT2D eigenvalue weighted by atomic mass is 9.79. The van der Waals surface area contributed by atoms with Gasteiger partial charge in [0.2, 0.25) is 0 Å². The van der Waals surface area contributed by atoms with E-state index in [1.165, 1.54) is 5.56 Å². The Labute approximate surface area is 97.7 Å². The first-order valence-electron chi connectivity index (χ1n) is 6.18. The van der Waals surface area contributed by atoms with Crippen molar-refractivity contribution in [1.29, 1.82) is 0 Å². The van der Waals surface area contributed by atoms with Crippen molar-refractivity contribution in [3.05, 3.63) is 35.9 Å². The van der Waals surface area contributed by atoms with Crippen LogP contribution in [0.25, 0.3) is 0 Å². The van der Waals surface area contributed by atoms with Crippen LogP contribution in [0.15, 0.2) is 30.3 Å². The second kappa shape index (κ2) is 4.98. The second-order valence-corrected chi connectivity index (χ2v) is 4.94. The molecule has 2 unspecified atom stereocenters. The number of rotatable bonds is 3. The van der Waals surface area contributed by atoms with Crippen molar-refractivity contribution in [2.24, 2.45) is 5.92 Å². The van der Waals surface area contributed by atoms with Crippen molar-refractivity contribution >= 4 is 0 Å². The minimum atomic E-state index is -0.471. The van der Waals surface area contributed by atoms with Crippen LogP contribution in [0, 0.1) is 5.92 Å². The minimum absolute atomic E-state index is 0.352. The fourth-order valence-corrected chi connectivity index (χ4v) is 2.44. The molecule has 1 heterocycles. The zero-order valence-corrected chi connectivity index (χ0v) is 9.95. The zero-order valence-electron chi connectivity index (χ0n) is 9.95. The molecular weight excluding hydrogens is 198 g/mol. The van der Waals surface area contributed by atoms with Gasteiger partial charge in [0.15, 0.2) is 0 Å². The van der Waals surface area contributed by atoms with Gasteiger partial charge in [-0.05, 0) is 37.3 Å². The molecule has 1 aliphatic heterocycles. The summed E-state index contributed by atoms with van der Waals surface area (Å²) in [6.45, 7) is 4.01. The average Bonchev–Trinajstić information content (AvgIpc) is 2.32. The van der Waals surface area contributed by atoms with Crippen LogP contribution in [0.2, 0.25) is 0 Å². The van der Waals surface area contributed by atoms with Crippen molar-refractivity contribution < 1.29 is 5.11 Å². The Morgan fingerprint density at radius 2 is 2.12 bits per heavy atom. The summed E-state index contributed by atoms with van der Waals surface area (Å²) < 4.78 is 0. The third-order valence-electron chi connectivity index (χ3n) is 3.79. The first kappa shape index (κ1) is 11.6. The maximum Gasteiger partial charge on any atom is 0.0700 e. The molecule has 1 fully saturated rings. The largest absolute Gasteiger partial charge is 0.390 e. The molecule has 0 amide bonds. The van der Waals surface area contributed by atoms with E-state index >= 15 is 0 Å². The van der Waals surface area contributed by atoms with Crippen LogP contribution in [0.5, 0.6) is 0 Å². The molecule has 0 aromatic heterocycles. The van der Waals surface area contributed by atoms with Crippen LogP contribution in [0.4, 0.5) is 0 Å². The smallest absolute Gasteiger partial charge is 0.0700 e. The predicted octanol–water partition coefficient (Wildman–Crippen LogP) is 1.98. The Bertz CT molecular complexity index is 325. The van der Waals surface area contributed by atoms with Gasteiger partial charge in [-0.2, -0.15) is 0 Å². The molecule has 2 rings (SSSR count). The first-order chi connectivity index (χ1) is 7.71. The fraction of sp³-hybridized carbons (Fsp3) is 0.571. The van der Waals surface area contributed by atoms with Crippen LogP contribution in [-0.4, -0.2) is 23.8 Å². The molecule has 1 saturated heterocycles. The van der Waals surface area contributed by atoms with E-state index in [0.717, 1.165) is 32.4 Å². The van der Waals surface area contributed by atoms with Gasteiger partial charge < -0.3 is 10.4 Å². The summed E-state index contributed by atoms with van der Waals surface area (Å²) in [7, 11) is 0. The van der Waals surface area contributed by atoms with Crippen molar-refractivity contribution in [3.63, 3.8) is 0 Å². The van der Waals surface area contributed by atoms with Gasteiger partial charge in [-0.15, -0.1) is 0 Å². The van der Waals surface area contributed by atoms with Gasteiger partial charge in [0, 0.05) is 6.54 Å². The maximum atomic E-state index is 10.6. The molecule has 0 bridgehead atoms. The van der Waals surface area contributed by atoms with Crippen LogP contribution in [0.3, 0.4) is 0 Å². The Balaban J connectivity index is 1.93. The van der Waals surface area contributed by atoms with Crippen molar-refractivity contribution in [1.82, 2.24) is 5.32 Å². The number of piperidine rings is 1. The molecular formula is C14H21NO. The van der Waals surface area contributed by atoms with Crippen LogP contribution in [-0.2, 0) is 6.42 Å². The number of hydrogen-bond acceptors (Lipinski definition) is 2. The Morgan fingerprint density at radius 3 is 2.81 bits per heavy atom. The van der Waals surface area contributed by atoms with Crippen molar-refractivity contribution in [3.8, 4) is 0 Å². The monoisotopic (exact) mass is 219 g/mol. The summed E-state index contributed by atoms with van der Waals surface area (Å²) in [5.74, 6) is 0.352. The molecule has 88 valence electrons. The highest BCUT2D eigenvalue weighted by molar-refractivity contribution is 5.15. The van der Waals surface area contributed by atoms with E-state index in [2.05, 4.69) is 36.5 Å². The van der Waals surface area contributed by atoms with Crippen molar-refractivity contribution in [2.45, 2.75) is 31.8 Å². The van der Waals surface area contributed by atoms with Crippen molar-refractivity contribution in [2.75, 3.05) is 13.1 Å². The molecule has 1 aliphatic rings. The third kappa shape index (κ3) is 2.63. The van der Waals surface area contributed by atoms with Gasteiger partial charge in [0.05, 0.1) is 5.60 Å². The molecule has 1 aromatic carbocycles. The molecule has 2 atom stereocenters. The highest BCUT2D eigenvalue weighted by Crippen LogP contribution is 2.28. The molecule has 0 aliphatic carbocycles. The van der Waals surface area contributed by atoms with E-state index < -0.39 is 5.60 Å². The van der Waals surface area contributed by atoms with E-state index in [9.17, 15) is 5.11 Å². The number of aryl methyl sites for hydroxylation is 1. The number of hydrogen-bond donors (Lipinski definition) is 2. The summed E-state index contributed by atoms with van der Waals surface area (Å²) >= 11 is 0. The summed E-state index contributed by atoms with van der Waals surface area (Å²) in [6, 6.07) is 10.4. The number of nitrogens with one attached hydrogen (secondary N) is 1. The minimum Gasteiger partial charge on any atom is -0.390 e. The molecule has 0 radical (unpaired) electrons. The Hall–Kier alpha value is -0.860. The molecule has 1 aromatic rings. The molecule has 0 spiro atoms. The fourth-order valence-electron chi connectivity index (χ4n) is 2.44. The second-order valence-electron chi connectivity index (χ2n) is 4.94. The molecule has 2 nitrogen and oxygen atoms in total. The summed E-state index contributed by atoms with van der Waals surface area (Å²) in [5, 5.41) is 13.9. The average molecular weight is 219 g/mol. The van der Waals surface area contributed by atoms with E-state index in [-0.39, 0.29) is 0 Å². The standard InChI is InChI=1S/C14H21NO/c1-12-11-15-10-9-14(12,16)8-7-13-5-3-2-4-6-13/h2-6,12,15-16H,7-11H2,1H3. The van der Waals surface area contributed by atoms with Gasteiger partial charge >= 0.3 is 0 Å². The quantitative estimate of drug-likeness (QED) is 0.814. The van der Waals surface area contributed by atoms with Crippen LogP contribution in [0.1, 0.15) is 25.3 Å². The number of aliphatic hydroxyl groups is 1. The maximum absolute atomic E-state index is 10.6. The molecule has 16 heavy (non-hydrogen) atoms. The molecule has 2 heteroatoms. The van der Waals surface area contributed by atoms with E-state index in [1.54, 1.807) is 0 Å². The van der Waals surface area contributed by atoms with E-state index in [0.29, 0.717) is 5.92 Å². The lowest BCUT2D eigenvalue weighted by molar-refractivity contribution is -0.0401. The van der Waals surface area contributed by atoms with E-state index in [1.807, 2.05) is 6.07 Å². The lowest BCUT2D eigenvalue weighted by Gasteiger charge is -2.38. The number of benzene rings is 1. The van der Waals surface area contributed by atoms with Crippen LogP contribution < -0.4 is 5.32 Å². The normalized spacial score (nSPS) is 30.2. The van der Waals surface area contributed by atoms with Gasteiger partial charge in [-0.25, -0.2) is 0 Å². The Morgan fingerprint density at radius 1 is 1.38 bits per heavy atom. The summed E-state index contributed by atoms with van der Waals surface area (Å²) in [5.41, 5.74) is 0.850. The topological polar surface area (TPSA) is 32.3 Å². The zero-order chi connectivity index (χ0) is 11.4. The molecule has 0 saturated carbocycles. The predicted molar refractivity (Wildman–Crippen MR) is 66.4 cm³/mol. The Kier molecular flexibility index (Phi) is 3.62. The van der Waals surface area contributed by atoms with Crippen LogP contribution >= 0.6 is 0 Å². The van der Waals surface area contributed by atoms with Gasteiger partial charge in [0.25, 0.3) is 0 Å². The third-order valence-corrected chi connectivity index (χ3v) is 3.79. The van der Waals surface area contributed by atoms with Gasteiger partial charge in [-0.1, -0.05) is 37.3 Å². The highest BCUT2D eigenvalue weighted by atomic mass is 16.3. The SMILES string of the molecule is CC1CNCCC1(O)CCc1ccccc1. The summed E-state index contributed by atoms with van der Waals surface area (Å²) in [6.07, 6.45) is 2.72. The van der Waals surface area contributed by atoms with E-state index in [4.69, 9.17) is 0 Å². The lowest BCUT2D eigenvalue weighted by Crippen LogP contribution is -2.49. The van der Waals surface area contributed by atoms with Gasteiger partial charge in [0.1, 0.15) is 0 Å². The summed E-state index contributed by atoms with van der Waals surface area (Å²) in [4.78, 5) is 0. The highest BCUT2D eigenvalue weighted by Gasteiger charge is 2.35. The molecule has 2 N–H and O–H groups in total. The first-order valence-corrected chi connectivity index (χ1v) is 6.18.